The summed E-state index contributed by atoms with van der Waals surface area (Å²) in [6, 6.07) is 8.65. The normalized spacial score (nSPS) is 14.7. The lowest BCUT2D eigenvalue weighted by molar-refractivity contribution is -0.135. The van der Waals surface area contributed by atoms with Crippen LogP contribution in [0.3, 0.4) is 0 Å². The molecule has 32 heavy (non-hydrogen) atoms. The third-order valence-corrected chi connectivity index (χ3v) is 7.37. The molecule has 1 aromatic heterocycles. The van der Waals surface area contributed by atoms with E-state index >= 15 is 0 Å². The van der Waals surface area contributed by atoms with Crippen LogP contribution in [0.25, 0.3) is 11.0 Å². The van der Waals surface area contributed by atoms with Gasteiger partial charge in [-0.25, -0.2) is 18.0 Å². The molecule has 2 aromatic carbocycles. The molecule has 7 nitrogen and oxygen atoms in total. The molecule has 0 radical (unpaired) electrons. The maximum absolute atomic E-state index is 12.6. The van der Waals surface area contributed by atoms with Crippen LogP contribution in [0, 0.1) is 13.8 Å². The molecule has 1 N–H and O–H groups in total. The second-order valence-corrected chi connectivity index (χ2v) is 9.91. The van der Waals surface area contributed by atoms with Crippen LogP contribution in [0.5, 0.6) is 5.75 Å². The van der Waals surface area contributed by atoms with Crippen molar-refractivity contribution in [2.75, 3.05) is 0 Å². The molecule has 0 saturated carbocycles. The Bertz CT molecular complexity index is 1360. The van der Waals surface area contributed by atoms with Gasteiger partial charge in [-0.05, 0) is 76.3 Å². The van der Waals surface area contributed by atoms with E-state index in [0.717, 1.165) is 41.3 Å². The number of benzene rings is 2. The standard InChI is InChI=1S/C24H25NO6S/c1-14-8-10-17(11-9-14)32(28,29)25-16(3)23(26)30-21-13-12-19-18-6-4-5-7-20(18)24(27)31-22(19)15(21)2/h8-13,16,25H,4-7H2,1-3H3. The van der Waals surface area contributed by atoms with Crippen LogP contribution < -0.4 is 15.1 Å². The average molecular weight is 456 g/mol. The zero-order valence-electron chi connectivity index (χ0n) is 18.2. The molecule has 4 rings (SSSR count). The highest BCUT2D eigenvalue weighted by Crippen LogP contribution is 2.32. The number of carbonyl (C=O) groups is 1. The zero-order valence-corrected chi connectivity index (χ0v) is 19.0. The van der Waals surface area contributed by atoms with E-state index in [1.807, 2.05) is 6.92 Å². The van der Waals surface area contributed by atoms with E-state index in [2.05, 4.69) is 4.72 Å². The zero-order chi connectivity index (χ0) is 23.0. The van der Waals surface area contributed by atoms with Gasteiger partial charge in [0.2, 0.25) is 10.0 Å². The van der Waals surface area contributed by atoms with E-state index in [1.54, 1.807) is 31.2 Å². The highest BCUT2D eigenvalue weighted by Gasteiger charge is 2.25. The van der Waals surface area contributed by atoms with E-state index in [1.165, 1.54) is 19.1 Å². The van der Waals surface area contributed by atoms with Gasteiger partial charge in [0.15, 0.2) is 0 Å². The lowest BCUT2D eigenvalue weighted by Crippen LogP contribution is -2.40. The molecule has 0 amide bonds. The Morgan fingerprint density at radius 2 is 1.69 bits per heavy atom. The van der Waals surface area contributed by atoms with Gasteiger partial charge in [0.1, 0.15) is 17.4 Å². The Morgan fingerprint density at radius 1 is 1.03 bits per heavy atom. The number of esters is 1. The summed E-state index contributed by atoms with van der Waals surface area (Å²) in [6.07, 6.45) is 3.50. The third kappa shape index (κ3) is 4.20. The molecule has 1 unspecified atom stereocenters. The smallest absolute Gasteiger partial charge is 0.339 e. The molecule has 8 heteroatoms. The minimum absolute atomic E-state index is 0.0659. The number of aryl methyl sites for hydroxylation is 3. The topological polar surface area (TPSA) is 103 Å². The van der Waals surface area contributed by atoms with E-state index in [9.17, 15) is 18.0 Å². The van der Waals surface area contributed by atoms with Gasteiger partial charge in [-0.1, -0.05) is 17.7 Å². The van der Waals surface area contributed by atoms with Crippen LogP contribution >= 0.6 is 0 Å². The summed E-state index contributed by atoms with van der Waals surface area (Å²) in [4.78, 5) is 25.1. The molecule has 0 saturated heterocycles. The van der Waals surface area contributed by atoms with Gasteiger partial charge in [-0.2, -0.15) is 4.72 Å². The highest BCUT2D eigenvalue weighted by atomic mass is 32.2. The Hall–Kier alpha value is -2.97. The molecule has 3 aromatic rings. The molecule has 1 aliphatic rings. The largest absolute Gasteiger partial charge is 0.425 e. The second-order valence-electron chi connectivity index (χ2n) is 8.20. The Balaban J connectivity index is 1.57. The first kappa shape index (κ1) is 22.2. The summed E-state index contributed by atoms with van der Waals surface area (Å²) >= 11 is 0. The summed E-state index contributed by atoms with van der Waals surface area (Å²) in [7, 11) is -3.88. The summed E-state index contributed by atoms with van der Waals surface area (Å²) < 4.78 is 38.5. The highest BCUT2D eigenvalue weighted by molar-refractivity contribution is 7.89. The Morgan fingerprint density at radius 3 is 2.38 bits per heavy atom. The van der Waals surface area contributed by atoms with Gasteiger partial charge < -0.3 is 9.15 Å². The summed E-state index contributed by atoms with van der Waals surface area (Å²) in [5.74, 6) is -0.536. The van der Waals surface area contributed by atoms with Crippen LogP contribution in [-0.4, -0.2) is 20.4 Å². The number of hydrogen-bond donors (Lipinski definition) is 1. The van der Waals surface area contributed by atoms with Crippen molar-refractivity contribution in [2.24, 2.45) is 0 Å². The molecular formula is C24H25NO6S. The number of ether oxygens (including phenoxy) is 1. The van der Waals surface area contributed by atoms with E-state index in [4.69, 9.17) is 9.15 Å². The fourth-order valence-corrected chi connectivity index (χ4v) is 5.19. The fraction of sp³-hybridized carbons (Fsp3) is 0.333. The van der Waals surface area contributed by atoms with Crippen LogP contribution in [0.4, 0.5) is 0 Å². The van der Waals surface area contributed by atoms with Crippen LogP contribution in [-0.2, 0) is 27.7 Å². The number of sulfonamides is 1. The van der Waals surface area contributed by atoms with Gasteiger partial charge in [0.25, 0.3) is 0 Å². The predicted octanol–water partition coefficient (Wildman–Crippen LogP) is 3.56. The first-order valence-corrected chi connectivity index (χ1v) is 12.0. The molecule has 1 aliphatic carbocycles. The van der Waals surface area contributed by atoms with Gasteiger partial charge in [0.05, 0.1) is 4.90 Å². The second kappa shape index (κ2) is 8.52. The third-order valence-electron chi connectivity index (χ3n) is 5.82. The van der Waals surface area contributed by atoms with Crippen molar-refractivity contribution in [1.82, 2.24) is 4.72 Å². The van der Waals surface area contributed by atoms with Gasteiger partial charge in [-0.15, -0.1) is 0 Å². The average Bonchev–Trinajstić information content (AvgIpc) is 2.76. The number of nitrogens with one attached hydrogen (secondary N) is 1. The summed E-state index contributed by atoms with van der Waals surface area (Å²) in [5, 5.41) is 0.852. The van der Waals surface area contributed by atoms with Gasteiger partial charge >= 0.3 is 11.6 Å². The molecular weight excluding hydrogens is 430 g/mol. The SMILES string of the molecule is Cc1ccc(S(=O)(=O)NC(C)C(=O)Oc2ccc3c4c(c(=O)oc3c2C)CCCC4)cc1. The van der Waals surface area contributed by atoms with E-state index in [-0.39, 0.29) is 16.3 Å². The van der Waals surface area contributed by atoms with Crippen molar-refractivity contribution in [3.8, 4) is 5.75 Å². The van der Waals surface area contributed by atoms with E-state index in [0.29, 0.717) is 17.6 Å². The van der Waals surface area contributed by atoms with Crippen molar-refractivity contribution in [2.45, 2.75) is 57.4 Å². The summed E-state index contributed by atoms with van der Waals surface area (Å²) in [5.41, 5.74) is 3.23. The minimum Gasteiger partial charge on any atom is -0.425 e. The molecule has 0 spiro atoms. The maximum atomic E-state index is 12.6. The van der Waals surface area contributed by atoms with E-state index < -0.39 is 22.0 Å². The Labute approximate surface area is 186 Å². The van der Waals surface area contributed by atoms with Crippen molar-refractivity contribution in [1.29, 1.82) is 0 Å². The molecule has 168 valence electrons. The molecule has 1 atom stereocenters. The first-order valence-electron chi connectivity index (χ1n) is 10.6. The molecule has 0 bridgehead atoms. The van der Waals surface area contributed by atoms with Crippen molar-refractivity contribution < 1.29 is 22.4 Å². The number of fused-ring (bicyclic) bond motifs is 3. The van der Waals surface area contributed by atoms with Crippen LogP contribution in [0.1, 0.15) is 42.0 Å². The van der Waals surface area contributed by atoms with Gasteiger partial charge in [-0.3, -0.25) is 0 Å². The number of hydrogen-bond acceptors (Lipinski definition) is 6. The fourth-order valence-electron chi connectivity index (χ4n) is 4.00. The minimum atomic E-state index is -3.88. The molecule has 0 aliphatic heterocycles. The van der Waals surface area contributed by atoms with Gasteiger partial charge in [0, 0.05) is 16.5 Å². The molecule has 0 fully saturated rings. The molecule has 1 heterocycles. The lowest BCUT2D eigenvalue weighted by Gasteiger charge is -2.18. The van der Waals surface area contributed by atoms with Crippen molar-refractivity contribution >= 4 is 27.0 Å². The Kier molecular flexibility index (Phi) is 5.92. The monoisotopic (exact) mass is 455 g/mol. The van der Waals surface area contributed by atoms with Crippen LogP contribution in [0.15, 0.2) is 50.5 Å². The van der Waals surface area contributed by atoms with Crippen LogP contribution in [0.2, 0.25) is 0 Å². The predicted molar refractivity (Wildman–Crippen MR) is 120 cm³/mol. The lowest BCUT2D eigenvalue weighted by atomic mass is 9.90. The maximum Gasteiger partial charge on any atom is 0.339 e. The number of carbonyl (C=O) groups excluding carboxylic acids is 1. The first-order chi connectivity index (χ1) is 15.2. The van der Waals surface area contributed by atoms with Crippen molar-refractivity contribution in [3.63, 3.8) is 0 Å². The quantitative estimate of drug-likeness (QED) is 0.359. The number of rotatable bonds is 5. The van der Waals surface area contributed by atoms with Crippen molar-refractivity contribution in [3.05, 3.63) is 69.1 Å². The summed E-state index contributed by atoms with van der Waals surface area (Å²) in [6.45, 7) is 4.98.